The van der Waals surface area contributed by atoms with Crippen LogP contribution in [0.2, 0.25) is 0 Å². The van der Waals surface area contributed by atoms with E-state index in [1.807, 2.05) is 0 Å². The minimum absolute atomic E-state index is 0.353. The maximum absolute atomic E-state index is 13.1. The number of hydrogen-bond acceptors (Lipinski definition) is 3. The monoisotopic (exact) mass is 328 g/mol. The topological polar surface area (TPSA) is 15.3 Å². The van der Waals surface area contributed by atoms with E-state index < -0.39 is 12.2 Å². The Morgan fingerprint density at radius 3 is 2.41 bits per heavy atom. The summed E-state index contributed by atoms with van der Waals surface area (Å²) >= 11 is 4.36. The van der Waals surface area contributed by atoms with Crippen LogP contribution in [-0.4, -0.2) is 37.3 Å². The van der Waals surface area contributed by atoms with Crippen LogP contribution in [0.25, 0.3) is 0 Å². The van der Waals surface area contributed by atoms with Crippen LogP contribution in [-0.2, 0) is 0 Å². The van der Waals surface area contributed by atoms with Crippen molar-refractivity contribution in [2.45, 2.75) is 12.2 Å². The van der Waals surface area contributed by atoms with E-state index in [2.05, 4.69) is 21.2 Å². The third-order valence-electron chi connectivity index (χ3n) is 2.69. The minimum atomic E-state index is -4.22. The first-order valence-electron chi connectivity index (χ1n) is 5.25. The normalized spacial score (nSPS) is 20.5. The first-order chi connectivity index (χ1) is 7.98. The molecule has 2 nitrogen and oxygen atoms in total. The predicted molar refractivity (Wildman–Crippen MR) is 65.3 cm³/mol. The van der Waals surface area contributed by atoms with Crippen LogP contribution in [0.3, 0.4) is 0 Å². The highest BCUT2D eigenvalue weighted by Crippen LogP contribution is 2.41. The molecule has 96 valence electrons. The van der Waals surface area contributed by atoms with Gasteiger partial charge < -0.3 is 5.32 Å². The molecule has 7 heteroatoms. The van der Waals surface area contributed by atoms with E-state index >= 15 is 0 Å². The maximum atomic E-state index is 13.1. The van der Waals surface area contributed by atoms with Gasteiger partial charge in [-0.05, 0) is 28.1 Å². The fraction of sp³-hybridized carbons (Fsp3) is 0.600. The second-order valence-electron chi connectivity index (χ2n) is 3.87. The average molecular weight is 329 g/mol. The molecule has 2 rings (SSSR count). The molecule has 1 aromatic rings. The molecule has 1 aliphatic rings. The number of thiophene rings is 1. The Morgan fingerprint density at radius 2 is 1.94 bits per heavy atom. The lowest BCUT2D eigenvalue weighted by Crippen LogP contribution is -2.48. The summed E-state index contributed by atoms with van der Waals surface area (Å²) in [5.74, 6) is 0. The van der Waals surface area contributed by atoms with Crippen LogP contribution < -0.4 is 5.32 Å². The first-order valence-corrected chi connectivity index (χ1v) is 6.86. The van der Waals surface area contributed by atoms with Crippen molar-refractivity contribution < 1.29 is 13.2 Å². The van der Waals surface area contributed by atoms with Gasteiger partial charge in [0.05, 0.1) is 3.79 Å². The summed E-state index contributed by atoms with van der Waals surface area (Å²) in [6.45, 7) is 2.08. The second-order valence-corrected chi connectivity index (χ2v) is 6.37. The number of rotatable bonds is 2. The number of alkyl halides is 3. The minimum Gasteiger partial charge on any atom is -0.314 e. The Hall–Kier alpha value is -0.110. The van der Waals surface area contributed by atoms with Crippen LogP contribution in [0.4, 0.5) is 13.2 Å². The van der Waals surface area contributed by atoms with Crippen LogP contribution >= 0.6 is 27.3 Å². The fourth-order valence-electron chi connectivity index (χ4n) is 1.96. The molecule has 0 amide bonds. The summed E-state index contributed by atoms with van der Waals surface area (Å²) in [6.07, 6.45) is -4.22. The molecule has 1 N–H and O–H groups in total. The van der Waals surface area contributed by atoms with Gasteiger partial charge >= 0.3 is 6.18 Å². The van der Waals surface area contributed by atoms with Crippen LogP contribution in [0, 0.1) is 0 Å². The first kappa shape index (κ1) is 13.3. The molecule has 1 aromatic heterocycles. The Bertz CT molecular complexity index is 374. The molecule has 0 aliphatic carbocycles. The Balaban J connectivity index is 2.24. The summed E-state index contributed by atoms with van der Waals surface area (Å²) in [7, 11) is 0. The van der Waals surface area contributed by atoms with Gasteiger partial charge in [-0.1, -0.05) is 0 Å². The standard InChI is InChI=1S/C10H12BrF3N2S/c11-8-2-1-7(17-8)9(10(12,13)14)16-5-3-15-4-6-16/h1-2,9,15H,3-6H2/t9-/m0/s1. The lowest BCUT2D eigenvalue weighted by Gasteiger charge is -2.35. The van der Waals surface area contributed by atoms with Crippen molar-refractivity contribution in [1.29, 1.82) is 0 Å². The van der Waals surface area contributed by atoms with E-state index in [1.165, 1.54) is 4.90 Å². The van der Waals surface area contributed by atoms with E-state index in [0.29, 0.717) is 31.1 Å². The zero-order valence-electron chi connectivity index (χ0n) is 8.93. The van der Waals surface area contributed by atoms with Gasteiger partial charge in [0.1, 0.15) is 6.04 Å². The molecular weight excluding hydrogens is 317 g/mol. The second kappa shape index (κ2) is 5.26. The van der Waals surface area contributed by atoms with E-state index in [9.17, 15) is 13.2 Å². The van der Waals surface area contributed by atoms with E-state index in [4.69, 9.17) is 0 Å². The largest absolute Gasteiger partial charge is 0.408 e. The smallest absolute Gasteiger partial charge is 0.314 e. The zero-order chi connectivity index (χ0) is 12.5. The van der Waals surface area contributed by atoms with E-state index in [0.717, 1.165) is 15.1 Å². The van der Waals surface area contributed by atoms with Crippen molar-refractivity contribution in [3.05, 3.63) is 20.8 Å². The Kier molecular flexibility index (Phi) is 4.12. The van der Waals surface area contributed by atoms with Gasteiger partial charge in [0, 0.05) is 31.1 Å². The summed E-state index contributed by atoms with van der Waals surface area (Å²) in [5, 5.41) is 3.06. The highest BCUT2D eigenvalue weighted by molar-refractivity contribution is 9.11. The molecule has 17 heavy (non-hydrogen) atoms. The van der Waals surface area contributed by atoms with Gasteiger partial charge in [-0.25, -0.2) is 0 Å². The zero-order valence-corrected chi connectivity index (χ0v) is 11.3. The number of nitrogens with one attached hydrogen (secondary N) is 1. The van der Waals surface area contributed by atoms with Gasteiger partial charge in [-0.15, -0.1) is 11.3 Å². The van der Waals surface area contributed by atoms with Gasteiger partial charge in [-0.2, -0.15) is 13.2 Å². The molecule has 1 saturated heterocycles. The van der Waals surface area contributed by atoms with Gasteiger partial charge in [0.2, 0.25) is 0 Å². The van der Waals surface area contributed by atoms with Crippen molar-refractivity contribution >= 4 is 27.3 Å². The number of nitrogens with zero attached hydrogens (tertiary/aromatic N) is 1. The van der Waals surface area contributed by atoms with Crippen LogP contribution in [0.5, 0.6) is 0 Å². The predicted octanol–water partition coefficient (Wildman–Crippen LogP) is 3.02. The summed E-state index contributed by atoms with van der Waals surface area (Å²) in [5.41, 5.74) is 0. The Morgan fingerprint density at radius 1 is 1.29 bits per heavy atom. The fourth-order valence-corrected chi connectivity index (χ4v) is 3.55. The molecule has 1 atom stereocenters. The molecule has 0 radical (unpaired) electrons. The molecule has 1 fully saturated rings. The maximum Gasteiger partial charge on any atom is 0.408 e. The lowest BCUT2D eigenvalue weighted by atomic mass is 10.1. The van der Waals surface area contributed by atoms with E-state index in [1.54, 1.807) is 12.1 Å². The number of hydrogen-bond donors (Lipinski definition) is 1. The lowest BCUT2D eigenvalue weighted by molar-refractivity contribution is -0.186. The number of halogens is 4. The molecule has 0 aromatic carbocycles. The van der Waals surface area contributed by atoms with E-state index in [-0.39, 0.29) is 0 Å². The number of piperazine rings is 1. The van der Waals surface area contributed by atoms with Gasteiger partial charge in [-0.3, -0.25) is 4.90 Å². The molecule has 0 unspecified atom stereocenters. The molecule has 0 spiro atoms. The van der Waals surface area contributed by atoms with Gasteiger partial charge in [0.15, 0.2) is 0 Å². The van der Waals surface area contributed by atoms with Crippen molar-refractivity contribution in [2.75, 3.05) is 26.2 Å². The highest BCUT2D eigenvalue weighted by Gasteiger charge is 2.45. The van der Waals surface area contributed by atoms with Crippen LogP contribution in [0.1, 0.15) is 10.9 Å². The average Bonchev–Trinajstić information content (AvgIpc) is 2.64. The third-order valence-corrected chi connectivity index (χ3v) is 4.37. The quantitative estimate of drug-likeness (QED) is 0.897. The van der Waals surface area contributed by atoms with Crippen molar-refractivity contribution in [1.82, 2.24) is 10.2 Å². The SMILES string of the molecule is FC(F)(F)[C@H](c1ccc(Br)s1)N1CCNCC1. The molecule has 2 heterocycles. The molecular formula is C10H12BrF3N2S. The Labute approximate surface area is 110 Å². The summed E-state index contributed by atoms with van der Waals surface area (Å²) in [6, 6.07) is 1.75. The molecule has 0 saturated carbocycles. The summed E-state index contributed by atoms with van der Waals surface area (Å²) < 4.78 is 40.1. The molecule has 0 bridgehead atoms. The van der Waals surface area contributed by atoms with Crippen LogP contribution in [0.15, 0.2) is 15.9 Å². The third kappa shape index (κ3) is 3.21. The van der Waals surface area contributed by atoms with Crippen molar-refractivity contribution in [3.63, 3.8) is 0 Å². The van der Waals surface area contributed by atoms with Crippen molar-refractivity contribution in [3.8, 4) is 0 Å². The summed E-state index contributed by atoms with van der Waals surface area (Å²) in [4.78, 5) is 1.85. The molecule has 1 aliphatic heterocycles. The highest BCUT2D eigenvalue weighted by atomic mass is 79.9. The van der Waals surface area contributed by atoms with Gasteiger partial charge in [0.25, 0.3) is 0 Å². The van der Waals surface area contributed by atoms with Crippen molar-refractivity contribution in [2.24, 2.45) is 0 Å².